The third-order valence-corrected chi connectivity index (χ3v) is 2.71. The zero-order chi connectivity index (χ0) is 3.70. The second-order valence-electron chi connectivity index (χ2n) is 0.847. The summed E-state index contributed by atoms with van der Waals surface area (Å²) in [6, 6.07) is 0. The predicted octanol–water partition coefficient (Wildman–Crippen LogP) is 2.67. The Labute approximate surface area is 34.7 Å². The summed E-state index contributed by atoms with van der Waals surface area (Å²) < 4.78 is 0. The minimum absolute atomic E-state index is 1.53. The molecular weight excluding hydrogens is 98.0 g/mol. The molecule has 0 saturated heterocycles. The third kappa shape index (κ3) is 0.833. The highest BCUT2D eigenvalue weighted by Crippen LogP contribution is 2.52. The Hall–Kier alpha value is 0.340. The molecule has 0 amide bonds. The molecule has 0 radical (unpaired) electrons. The van der Waals surface area contributed by atoms with Gasteiger partial charge in [-0.1, -0.05) is 6.08 Å². The number of allylic oxidation sites excluding steroid dienone is 1. The lowest BCUT2D eigenvalue weighted by Crippen LogP contribution is -1.26. The standard InChI is InChI=1S/C3H4P2/c1-2-3-4-5-3/h2H,1H3. The Balaban J connectivity index is 2.54. The van der Waals surface area contributed by atoms with E-state index in [9.17, 15) is 0 Å². The SMILES string of the molecule is CC=C1P=P1. The molecule has 1 aliphatic heterocycles. The molecule has 0 saturated carbocycles. The molecule has 2 heteroatoms. The summed E-state index contributed by atoms with van der Waals surface area (Å²) in [4.78, 5) is 0. The van der Waals surface area contributed by atoms with Crippen molar-refractivity contribution in [2.24, 2.45) is 0 Å². The molecule has 0 atom stereocenters. The van der Waals surface area contributed by atoms with E-state index in [0.29, 0.717) is 0 Å². The Morgan fingerprint density at radius 3 is 2.20 bits per heavy atom. The van der Waals surface area contributed by atoms with Crippen molar-refractivity contribution < 1.29 is 0 Å². The topological polar surface area (TPSA) is 0 Å². The van der Waals surface area contributed by atoms with Gasteiger partial charge in [-0.15, -0.1) is 0 Å². The van der Waals surface area contributed by atoms with Crippen molar-refractivity contribution in [1.29, 1.82) is 0 Å². The summed E-state index contributed by atoms with van der Waals surface area (Å²) in [7, 11) is 3.06. The Kier molecular flexibility index (Phi) is 0.850. The first-order chi connectivity index (χ1) is 2.43. The molecule has 0 unspecified atom stereocenters. The molecule has 0 N–H and O–H groups in total. The van der Waals surface area contributed by atoms with Crippen molar-refractivity contribution in [3.63, 3.8) is 0 Å². The lowest BCUT2D eigenvalue weighted by atomic mass is 10.8. The fourth-order valence-corrected chi connectivity index (χ4v) is 1.30. The van der Waals surface area contributed by atoms with Gasteiger partial charge in [-0.25, -0.2) is 0 Å². The highest BCUT2D eigenvalue weighted by molar-refractivity contribution is 8.08. The van der Waals surface area contributed by atoms with Crippen LogP contribution in [0.1, 0.15) is 6.92 Å². The van der Waals surface area contributed by atoms with Gasteiger partial charge in [-0.3, -0.25) is 0 Å². The fraction of sp³-hybridized carbons (Fsp3) is 0.333. The molecule has 5 heavy (non-hydrogen) atoms. The van der Waals surface area contributed by atoms with Crippen LogP contribution < -0.4 is 0 Å². The summed E-state index contributed by atoms with van der Waals surface area (Å²) >= 11 is 0. The van der Waals surface area contributed by atoms with Crippen molar-refractivity contribution in [3.8, 4) is 0 Å². The van der Waals surface area contributed by atoms with Crippen LogP contribution in [0.15, 0.2) is 11.1 Å². The van der Waals surface area contributed by atoms with Gasteiger partial charge >= 0.3 is 0 Å². The zero-order valence-electron chi connectivity index (χ0n) is 2.97. The Bertz CT molecular complexity index is 83.1. The van der Waals surface area contributed by atoms with E-state index >= 15 is 0 Å². The van der Waals surface area contributed by atoms with Gasteiger partial charge in [0, 0.05) is 5.06 Å². The van der Waals surface area contributed by atoms with Crippen LogP contribution in [-0.4, -0.2) is 0 Å². The smallest absolute Gasteiger partial charge is 0.0339 e. The average Bonchev–Trinajstić information content (AvgIpc) is 2.12. The Morgan fingerprint density at radius 2 is 2.20 bits per heavy atom. The molecule has 26 valence electrons. The van der Waals surface area contributed by atoms with Gasteiger partial charge < -0.3 is 0 Å². The van der Waals surface area contributed by atoms with Crippen LogP contribution in [0.4, 0.5) is 0 Å². The van der Waals surface area contributed by atoms with Gasteiger partial charge in [0.25, 0.3) is 0 Å². The second kappa shape index (κ2) is 1.20. The summed E-state index contributed by atoms with van der Waals surface area (Å²) in [6.07, 6.45) is 2.17. The molecule has 0 aromatic carbocycles. The minimum atomic E-state index is 1.53. The third-order valence-electron chi connectivity index (χ3n) is 0.474. The predicted molar refractivity (Wildman–Crippen MR) is 27.6 cm³/mol. The molecular formula is C3H4P2. The maximum absolute atomic E-state index is 2.17. The average molecular weight is 102 g/mol. The maximum Gasteiger partial charge on any atom is 0.0339 e. The van der Waals surface area contributed by atoms with Gasteiger partial charge in [0.2, 0.25) is 0 Å². The van der Waals surface area contributed by atoms with Crippen molar-refractivity contribution >= 4 is 15.7 Å². The summed E-state index contributed by atoms with van der Waals surface area (Å²) in [5, 5.41) is 1.57. The summed E-state index contributed by atoms with van der Waals surface area (Å²) in [6.45, 7) is 2.09. The quantitative estimate of drug-likeness (QED) is 0.412. The van der Waals surface area contributed by atoms with Crippen LogP contribution in [0.3, 0.4) is 0 Å². The van der Waals surface area contributed by atoms with Crippen LogP contribution in [0.25, 0.3) is 0 Å². The van der Waals surface area contributed by atoms with E-state index in [0.717, 1.165) is 0 Å². The molecule has 0 aromatic heterocycles. The van der Waals surface area contributed by atoms with E-state index in [1.807, 2.05) is 0 Å². The second-order valence-corrected chi connectivity index (χ2v) is 3.76. The summed E-state index contributed by atoms with van der Waals surface area (Å²) in [5.74, 6) is 0. The highest BCUT2D eigenvalue weighted by atomic mass is 31.8. The van der Waals surface area contributed by atoms with Gasteiger partial charge in [0.05, 0.1) is 0 Å². The largest absolute Gasteiger partial charge is 0.0705 e. The monoisotopic (exact) mass is 102 g/mol. The summed E-state index contributed by atoms with van der Waals surface area (Å²) in [5.41, 5.74) is 0. The van der Waals surface area contributed by atoms with E-state index in [1.165, 1.54) is 15.7 Å². The van der Waals surface area contributed by atoms with E-state index in [4.69, 9.17) is 0 Å². The van der Waals surface area contributed by atoms with E-state index in [2.05, 4.69) is 13.0 Å². The molecule has 0 aromatic rings. The Morgan fingerprint density at radius 1 is 1.60 bits per heavy atom. The van der Waals surface area contributed by atoms with Gasteiger partial charge in [0.1, 0.15) is 0 Å². The highest BCUT2D eigenvalue weighted by Gasteiger charge is 1.95. The molecule has 1 rings (SSSR count). The van der Waals surface area contributed by atoms with Crippen LogP contribution in [0, 0.1) is 0 Å². The fourth-order valence-electron chi connectivity index (χ4n) is 0.144. The number of hydrogen-bond acceptors (Lipinski definition) is 0. The van der Waals surface area contributed by atoms with Crippen LogP contribution >= 0.6 is 15.7 Å². The van der Waals surface area contributed by atoms with Gasteiger partial charge in [-0.05, 0) is 22.7 Å². The first-order valence-corrected chi connectivity index (χ1v) is 4.01. The molecule has 1 aliphatic rings. The lowest BCUT2D eigenvalue weighted by Gasteiger charge is -1.52. The van der Waals surface area contributed by atoms with Gasteiger partial charge in [-0.2, -0.15) is 0 Å². The maximum atomic E-state index is 2.17. The molecule has 0 fully saturated rings. The van der Waals surface area contributed by atoms with Crippen LogP contribution in [0.5, 0.6) is 0 Å². The van der Waals surface area contributed by atoms with E-state index < -0.39 is 0 Å². The molecule has 0 nitrogen and oxygen atoms in total. The van der Waals surface area contributed by atoms with E-state index in [-0.39, 0.29) is 0 Å². The minimum Gasteiger partial charge on any atom is -0.0705 e. The zero-order valence-corrected chi connectivity index (χ0v) is 4.76. The van der Waals surface area contributed by atoms with Crippen LogP contribution in [0.2, 0.25) is 0 Å². The molecule has 1 heterocycles. The van der Waals surface area contributed by atoms with E-state index in [1.54, 1.807) is 5.06 Å². The van der Waals surface area contributed by atoms with Crippen molar-refractivity contribution in [2.45, 2.75) is 6.92 Å². The number of rotatable bonds is 0. The first kappa shape index (κ1) is 3.53. The van der Waals surface area contributed by atoms with Crippen molar-refractivity contribution in [2.75, 3.05) is 0 Å². The van der Waals surface area contributed by atoms with Crippen molar-refractivity contribution in [3.05, 3.63) is 11.1 Å². The number of hydrogen-bond donors (Lipinski definition) is 0. The lowest BCUT2D eigenvalue weighted by molar-refractivity contribution is 1.78. The molecule has 0 bridgehead atoms. The first-order valence-electron chi connectivity index (χ1n) is 1.51. The van der Waals surface area contributed by atoms with Crippen LogP contribution in [-0.2, 0) is 0 Å². The normalized spacial score (nSPS) is 22.2. The van der Waals surface area contributed by atoms with Crippen molar-refractivity contribution in [1.82, 2.24) is 0 Å². The van der Waals surface area contributed by atoms with Gasteiger partial charge in [0.15, 0.2) is 0 Å². The molecule has 0 spiro atoms. The molecule has 0 aliphatic carbocycles.